The lowest BCUT2D eigenvalue weighted by Crippen LogP contribution is -2.14. The standard InChI is InChI=1S/C16H18N2O2/c1-19-15-9-5-3-7-13(15)11-20-10-12-6-2-4-8-14(12)16(17)18/h2-9H,10-11H2,1H3,(H3,17,18). The van der Waals surface area contributed by atoms with Gasteiger partial charge in [-0.2, -0.15) is 0 Å². The summed E-state index contributed by atoms with van der Waals surface area (Å²) in [7, 11) is 1.64. The number of nitrogens with two attached hydrogens (primary N) is 1. The van der Waals surface area contributed by atoms with E-state index < -0.39 is 0 Å². The Morgan fingerprint density at radius 3 is 2.30 bits per heavy atom. The number of benzene rings is 2. The van der Waals surface area contributed by atoms with Crippen molar-refractivity contribution in [3.05, 3.63) is 65.2 Å². The highest BCUT2D eigenvalue weighted by atomic mass is 16.5. The van der Waals surface area contributed by atoms with Crippen LogP contribution in [-0.2, 0) is 18.0 Å². The molecular formula is C16H18N2O2. The SMILES string of the molecule is COc1ccccc1COCc1ccccc1C(=N)N. The molecule has 0 aliphatic carbocycles. The lowest BCUT2D eigenvalue weighted by molar-refractivity contribution is 0.105. The lowest BCUT2D eigenvalue weighted by Gasteiger charge is -2.11. The first-order chi connectivity index (χ1) is 9.72. The van der Waals surface area contributed by atoms with Gasteiger partial charge < -0.3 is 15.2 Å². The summed E-state index contributed by atoms with van der Waals surface area (Å²) in [6.45, 7) is 0.865. The maximum atomic E-state index is 7.54. The molecule has 0 aromatic heterocycles. The van der Waals surface area contributed by atoms with E-state index in [0.29, 0.717) is 18.8 Å². The molecule has 20 heavy (non-hydrogen) atoms. The van der Waals surface area contributed by atoms with E-state index in [2.05, 4.69) is 0 Å². The van der Waals surface area contributed by atoms with Gasteiger partial charge in [-0.1, -0.05) is 42.5 Å². The third kappa shape index (κ3) is 3.36. The third-order valence-electron chi connectivity index (χ3n) is 3.02. The van der Waals surface area contributed by atoms with E-state index in [-0.39, 0.29) is 5.84 Å². The molecular weight excluding hydrogens is 252 g/mol. The number of hydrogen-bond donors (Lipinski definition) is 2. The molecule has 0 aliphatic rings. The van der Waals surface area contributed by atoms with Gasteiger partial charge >= 0.3 is 0 Å². The van der Waals surface area contributed by atoms with Crippen molar-refractivity contribution in [3.8, 4) is 5.75 Å². The number of nitrogens with one attached hydrogen (secondary N) is 1. The number of amidine groups is 1. The summed E-state index contributed by atoms with van der Waals surface area (Å²) in [5, 5.41) is 7.54. The van der Waals surface area contributed by atoms with Crippen molar-refractivity contribution in [2.24, 2.45) is 5.73 Å². The van der Waals surface area contributed by atoms with Crippen molar-refractivity contribution in [2.45, 2.75) is 13.2 Å². The van der Waals surface area contributed by atoms with Gasteiger partial charge in [-0.05, 0) is 11.6 Å². The van der Waals surface area contributed by atoms with Crippen LogP contribution in [0.4, 0.5) is 0 Å². The van der Waals surface area contributed by atoms with Crippen molar-refractivity contribution >= 4 is 5.84 Å². The number of nitrogen functional groups attached to an aromatic ring is 1. The third-order valence-corrected chi connectivity index (χ3v) is 3.02. The van der Waals surface area contributed by atoms with Crippen molar-refractivity contribution in [1.29, 1.82) is 5.41 Å². The quantitative estimate of drug-likeness (QED) is 0.626. The molecule has 0 aliphatic heterocycles. The molecule has 4 nitrogen and oxygen atoms in total. The van der Waals surface area contributed by atoms with Crippen LogP contribution in [0.2, 0.25) is 0 Å². The fourth-order valence-electron chi connectivity index (χ4n) is 2.00. The zero-order valence-corrected chi connectivity index (χ0v) is 11.4. The fraction of sp³-hybridized carbons (Fsp3) is 0.188. The molecule has 0 saturated heterocycles. The number of rotatable bonds is 6. The molecule has 104 valence electrons. The normalized spacial score (nSPS) is 10.2. The van der Waals surface area contributed by atoms with E-state index in [1.807, 2.05) is 48.5 Å². The molecule has 4 heteroatoms. The Hall–Kier alpha value is -2.33. The zero-order valence-electron chi connectivity index (χ0n) is 11.4. The number of hydrogen-bond acceptors (Lipinski definition) is 3. The minimum Gasteiger partial charge on any atom is -0.496 e. The summed E-state index contributed by atoms with van der Waals surface area (Å²) in [6.07, 6.45) is 0. The van der Waals surface area contributed by atoms with Crippen molar-refractivity contribution in [3.63, 3.8) is 0 Å². The first-order valence-electron chi connectivity index (χ1n) is 6.34. The molecule has 0 atom stereocenters. The summed E-state index contributed by atoms with van der Waals surface area (Å²) in [6, 6.07) is 15.3. The first-order valence-corrected chi connectivity index (χ1v) is 6.34. The van der Waals surface area contributed by atoms with Crippen molar-refractivity contribution in [2.75, 3.05) is 7.11 Å². The van der Waals surface area contributed by atoms with Gasteiger partial charge in [0.15, 0.2) is 0 Å². The minimum absolute atomic E-state index is 0.0569. The highest BCUT2D eigenvalue weighted by molar-refractivity contribution is 5.96. The van der Waals surface area contributed by atoms with Gasteiger partial charge in [0.05, 0.1) is 20.3 Å². The Kier molecular flexibility index (Phi) is 4.74. The van der Waals surface area contributed by atoms with E-state index in [4.69, 9.17) is 20.6 Å². The first kappa shape index (κ1) is 14.1. The maximum absolute atomic E-state index is 7.54. The molecule has 0 fully saturated rings. The van der Waals surface area contributed by atoms with Gasteiger partial charge in [-0.3, -0.25) is 5.41 Å². The second kappa shape index (κ2) is 6.73. The Morgan fingerprint density at radius 1 is 1.00 bits per heavy atom. The predicted molar refractivity (Wildman–Crippen MR) is 78.9 cm³/mol. The van der Waals surface area contributed by atoms with E-state index in [9.17, 15) is 0 Å². The summed E-state index contributed by atoms with van der Waals surface area (Å²) in [5.41, 5.74) is 8.17. The van der Waals surface area contributed by atoms with E-state index in [1.54, 1.807) is 7.11 Å². The Bertz CT molecular complexity index is 597. The Morgan fingerprint density at radius 2 is 1.60 bits per heavy atom. The topological polar surface area (TPSA) is 68.3 Å². The molecule has 0 bridgehead atoms. The average Bonchev–Trinajstić information content (AvgIpc) is 2.48. The molecule has 2 aromatic carbocycles. The smallest absolute Gasteiger partial charge is 0.124 e. The van der Waals surface area contributed by atoms with Gasteiger partial charge in [-0.15, -0.1) is 0 Å². The fourth-order valence-corrected chi connectivity index (χ4v) is 2.00. The van der Waals surface area contributed by atoms with Crippen LogP contribution >= 0.6 is 0 Å². The molecule has 0 saturated carbocycles. The second-order valence-corrected chi connectivity index (χ2v) is 4.38. The van der Waals surface area contributed by atoms with Gasteiger partial charge in [0, 0.05) is 11.1 Å². The van der Waals surface area contributed by atoms with Gasteiger partial charge in [0.2, 0.25) is 0 Å². The highest BCUT2D eigenvalue weighted by Gasteiger charge is 2.06. The van der Waals surface area contributed by atoms with Gasteiger partial charge in [0.25, 0.3) is 0 Å². The summed E-state index contributed by atoms with van der Waals surface area (Å²) in [5.74, 6) is 0.869. The molecule has 3 N–H and O–H groups in total. The maximum Gasteiger partial charge on any atom is 0.124 e. The Balaban J connectivity index is 2.01. The van der Waals surface area contributed by atoms with E-state index in [0.717, 1.165) is 16.9 Å². The van der Waals surface area contributed by atoms with Crippen LogP contribution in [0.5, 0.6) is 5.75 Å². The highest BCUT2D eigenvalue weighted by Crippen LogP contribution is 2.19. The van der Waals surface area contributed by atoms with Gasteiger partial charge in [0.1, 0.15) is 11.6 Å². The molecule has 2 rings (SSSR count). The lowest BCUT2D eigenvalue weighted by atomic mass is 10.1. The number of ether oxygens (including phenoxy) is 2. The molecule has 2 aromatic rings. The van der Waals surface area contributed by atoms with Crippen molar-refractivity contribution in [1.82, 2.24) is 0 Å². The number of para-hydroxylation sites is 1. The second-order valence-electron chi connectivity index (χ2n) is 4.38. The number of methoxy groups -OCH3 is 1. The summed E-state index contributed by atoms with van der Waals surface area (Å²) >= 11 is 0. The van der Waals surface area contributed by atoms with Crippen LogP contribution in [0.3, 0.4) is 0 Å². The molecule has 0 heterocycles. The largest absolute Gasteiger partial charge is 0.496 e. The monoisotopic (exact) mass is 270 g/mol. The Labute approximate surface area is 118 Å². The van der Waals surface area contributed by atoms with Crippen LogP contribution in [-0.4, -0.2) is 12.9 Å². The minimum atomic E-state index is 0.0569. The summed E-state index contributed by atoms with van der Waals surface area (Å²) < 4.78 is 11.0. The van der Waals surface area contributed by atoms with Crippen LogP contribution in [0, 0.1) is 5.41 Å². The zero-order chi connectivity index (χ0) is 14.4. The van der Waals surface area contributed by atoms with Gasteiger partial charge in [-0.25, -0.2) is 0 Å². The predicted octanol–water partition coefficient (Wildman–Crippen LogP) is 2.70. The van der Waals surface area contributed by atoms with E-state index in [1.165, 1.54) is 0 Å². The molecule has 0 amide bonds. The van der Waals surface area contributed by atoms with Crippen LogP contribution in [0.1, 0.15) is 16.7 Å². The summed E-state index contributed by atoms with van der Waals surface area (Å²) in [4.78, 5) is 0. The average molecular weight is 270 g/mol. The van der Waals surface area contributed by atoms with Crippen LogP contribution < -0.4 is 10.5 Å². The molecule has 0 spiro atoms. The molecule has 0 unspecified atom stereocenters. The van der Waals surface area contributed by atoms with Crippen molar-refractivity contribution < 1.29 is 9.47 Å². The van der Waals surface area contributed by atoms with Crippen LogP contribution in [0.25, 0.3) is 0 Å². The molecule has 0 radical (unpaired) electrons. The van der Waals surface area contributed by atoms with E-state index >= 15 is 0 Å². The van der Waals surface area contributed by atoms with Crippen LogP contribution in [0.15, 0.2) is 48.5 Å².